The number of carbonyl (C=O) groups excluding carboxylic acids is 1. The Morgan fingerprint density at radius 1 is 1.25 bits per heavy atom. The number of piperidine rings is 2. The van der Waals surface area contributed by atoms with Crippen LogP contribution in [0.3, 0.4) is 0 Å². The van der Waals surface area contributed by atoms with Gasteiger partial charge in [0.2, 0.25) is 5.91 Å². The minimum atomic E-state index is 0.375. The van der Waals surface area contributed by atoms with Gasteiger partial charge in [-0.15, -0.1) is 0 Å². The van der Waals surface area contributed by atoms with Crippen molar-refractivity contribution >= 4 is 5.91 Å². The SMILES string of the molecule is Cc1nccn1CCCN1CCCC2(CCC(=O)N(C3CC3)C2)C1. The van der Waals surface area contributed by atoms with Crippen molar-refractivity contribution in [2.24, 2.45) is 5.41 Å². The van der Waals surface area contributed by atoms with E-state index in [-0.39, 0.29) is 0 Å². The molecule has 1 aromatic rings. The Hall–Kier alpha value is -1.36. The predicted molar refractivity (Wildman–Crippen MR) is 93.7 cm³/mol. The van der Waals surface area contributed by atoms with Crippen molar-refractivity contribution in [1.82, 2.24) is 19.4 Å². The third-order valence-corrected chi connectivity index (χ3v) is 6.22. The second-order valence-corrected chi connectivity index (χ2v) is 8.15. The van der Waals surface area contributed by atoms with Crippen LogP contribution in [0.5, 0.6) is 0 Å². The highest BCUT2D eigenvalue weighted by Crippen LogP contribution is 2.42. The third kappa shape index (κ3) is 3.37. The summed E-state index contributed by atoms with van der Waals surface area (Å²) in [5.74, 6) is 1.52. The number of aromatic nitrogens is 2. The summed E-state index contributed by atoms with van der Waals surface area (Å²) in [7, 11) is 0. The molecule has 5 heteroatoms. The molecule has 4 rings (SSSR count). The molecule has 132 valence electrons. The molecule has 2 aliphatic heterocycles. The number of aryl methyl sites for hydroxylation is 2. The molecule has 1 aromatic heterocycles. The van der Waals surface area contributed by atoms with E-state index >= 15 is 0 Å². The first-order chi connectivity index (χ1) is 11.7. The Morgan fingerprint density at radius 3 is 2.88 bits per heavy atom. The first kappa shape index (κ1) is 16.1. The monoisotopic (exact) mass is 330 g/mol. The van der Waals surface area contributed by atoms with Gasteiger partial charge in [-0.2, -0.15) is 0 Å². The second-order valence-electron chi connectivity index (χ2n) is 8.15. The van der Waals surface area contributed by atoms with Gasteiger partial charge in [-0.25, -0.2) is 4.98 Å². The molecule has 0 N–H and O–H groups in total. The second kappa shape index (κ2) is 6.51. The van der Waals surface area contributed by atoms with Crippen LogP contribution in [0.25, 0.3) is 0 Å². The highest BCUT2D eigenvalue weighted by atomic mass is 16.2. The quantitative estimate of drug-likeness (QED) is 0.833. The van der Waals surface area contributed by atoms with E-state index in [1.807, 2.05) is 6.20 Å². The highest BCUT2D eigenvalue weighted by molar-refractivity contribution is 5.78. The maximum Gasteiger partial charge on any atom is 0.222 e. The summed E-state index contributed by atoms with van der Waals surface area (Å²) in [6, 6.07) is 0.578. The lowest BCUT2D eigenvalue weighted by atomic mass is 9.73. The number of nitrogens with zero attached hydrogens (tertiary/aromatic N) is 4. The van der Waals surface area contributed by atoms with Crippen LogP contribution in [0, 0.1) is 12.3 Å². The van der Waals surface area contributed by atoms with E-state index in [1.165, 1.54) is 45.2 Å². The first-order valence-electron chi connectivity index (χ1n) is 9.65. The van der Waals surface area contributed by atoms with Crippen LogP contribution >= 0.6 is 0 Å². The molecule has 1 atom stereocenters. The van der Waals surface area contributed by atoms with E-state index in [0.717, 1.165) is 38.3 Å². The molecule has 3 aliphatic rings. The Balaban J connectivity index is 1.31. The molecule has 1 aliphatic carbocycles. The summed E-state index contributed by atoms with van der Waals surface area (Å²) in [5, 5.41) is 0. The maximum absolute atomic E-state index is 12.2. The number of hydrogen-bond donors (Lipinski definition) is 0. The number of imidazole rings is 1. The molecule has 0 aromatic carbocycles. The number of likely N-dealkylation sites (tertiary alicyclic amines) is 2. The number of rotatable bonds is 5. The largest absolute Gasteiger partial charge is 0.339 e. The van der Waals surface area contributed by atoms with Gasteiger partial charge in [0, 0.05) is 49.9 Å². The topological polar surface area (TPSA) is 41.4 Å². The molecule has 1 saturated carbocycles. The summed E-state index contributed by atoms with van der Waals surface area (Å²) < 4.78 is 2.24. The van der Waals surface area contributed by atoms with Gasteiger partial charge in [-0.1, -0.05) is 0 Å². The van der Waals surface area contributed by atoms with Crippen LogP contribution < -0.4 is 0 Å². The average molecular weight is 330 g/mol. The zero-order valence-electron chi connectivity index (χ0n) is 14.9. The minimum Gasteiger partial charge on any atom is -0.339 e. The van der Waals surface area contributed by atoms with E-state index in [0.29, 0.717) is 17.4 Å². The average Bonchev–Trinajstić information content (AvgIpc) is 3.34. The Labute approximate surface area is 145 Å². The van der Waals surface area contributed by atoms with E-state index in [4.69, 9.17) is 0 Å². The molecule has 3 heterocycles. The van der Waals surface area contributed by atoms with Gasteiger partial charge < -0.3 is 14.4 Å². The van der Waals surface area contributed by atoms with Gasteiger partial charge in [0.15, 0.2) is 0 Å². The molecule has 1 unspecified atom stereocenters. The summed E-state index contributed by atoms with van der Waals surface area (Å²) in [5.41, 5.74) is 0.375. The molecule has 5 nitrogen and oxygen atoms in total. The van der Waals surface area contributed by atoms with Crippen molar-refractivity contribution in [2.45, 2.75) is 64.5 Å². The molecular weight excluding hydrogens is 300 g/mol. The Morgan fingerprint density at radius 2 is 2.12 bits per heavy atom. The Bertz CT molecular complexity index is 594. The lowest BCUT2D eigenvalue weighted by Gasteiger charge is -2.48. The van der Waals surface area contributed by atoms with Crippen molar-refractivity contribution in [3.63, 3.8) is 0 Å². The molecule has 1 amide bonds. The van der Waals surface area contributed by atoms with Crippen molar-refractivity contribution in [1.29, 1.82) is 0 Å². The van der Waals surface area contributed by atoms with Crippen molar-refractivity contribution < 1.29 is 4.79 Å². The maximum atomic E-state index is 12.2. The number of carbonyl (C=O) groups is 1. The minimum absolute atomic E-state index is 0.375. The van der Waals surface area contributed by atoms with Gasteiger partial charge in [0.25, 0.3) is 0 Å². The van der Waals surface area contributed by atoms with Gasteiger partial charge in [-0.3, -0.25) is 4.79 Å². The van der Waals surface area contributed by atoms with E-state index in [1.54, 1.807) is 0 Å². The van der Waals surface area contributed by atoms with Crippen molar-refractivity contribution in [3.05, 3.63) is 18.2 Å². The van der Waals surface area contributed by atoms with Crippen LogP contribution in [0.15, 0.2) is 12.4 Å². The van der Waals surface area contributed by atoms with Gasteiger partial charge in [0.1, 0.15) is 5.82 Å². The zero-order valence-corrected chi connectivity index (χ0v) is 14.9. The molecule has 0 bridgehead atoms. The van der Waals surface area contributed by atoms with E-state index in [2.05, 4.69) is 32.5 Å². The van der Waals surface area contributed by atoms with Crippen LogP contribution in [0.1, 0.15) is 50.8 Å². The summed E-state index contributed by atoms with van der Waals surface area (Å²) in [4.78, 5) is 21.4. The van der Waals surface area contributed by atoms with Crippen LogP contribution in [0.2, 0.25) is 0 Å². The van der Waals surface area contributed by atoms with Gasteiger partial charge in [-0.05, 0) is 58.5 Å². The Kier molecular flexibility index (Phi) is 4.37. The smallest absolute Gasteiger partial charge is 0.222 e. The number of hydrogen-bond acceptors (Lipinski definition) is 3. The third-order valence-electron chi connectivity index (χ3n) is 6.22. The highest BCUT2D eigenvalue weighted by Gasteiger charge is 2.45. The summed E-state index contributed by atoms with van der Waals surface area (Å²) in [6.07, 6.45) is 12.1. The van der Waals surface area contributed by atoms with E-state index in [9.17, 15) is 4.79 Å². The molecule has 24 heavy (non-hydrogen) atoms. The van der Waals surface area contributed by atoms with Crippen molar-refractivity contribution in [3.8, 4) is 0 Å². The van der Waals surface area contributed by atoms with Crippen LogP contribution in [-0.4, -0.2) is 57.5 Å². The van der Waals surface area contributed by atoms with Crippen LogP contribution in [-0.2, 0) is 11.3 Å². The lowest BCUT2D eigenvalue weighted by Crippen LogP contribution is -2.54. The van der Waals surface area contributed by atoms with Gasteiger partial charge >= 0.3 is 0 Å². The fourth-order valence-corrected chi connectivity index (χ4v) is 4.70. The fourth-order valence-electron chi connectivity index (χ4n) is 4.70. The molecule has 1 spiro atoms. The van der Waals surface area contributed by atoms with Crippen molar-refractivity contribution in [2.75, 3.05) is 26.2 Å². The standard InChI is InChI=1S/C19H30N4O/c1-16-20-9-13-22(16)12-3-11-21-10-2-7-19(14-21)8-6-18(24)23(15-19)17-4-5-17/h9,13,17H,2-8,10-12,14-15H2,1H3. The summed E-state index contributed by atoms with van der Waals surface area (Å²) >= 11 is 0. The van der Waals surface area contributed by atoms with E-state index < -0.39 is 0 Å². The normalized spacial score (nSPS) is 28.7. The molecule has 0 radical (unpaired) electrons. The first-order valence-corrected chi connectivity index (χ1v) is 9.65. The van der Waals surface area contributed by atoms with Crippen LogP contribution in [0.4, 0.5) is 0 Å². The lowest BCUT2D eigenvalue weighted by molar-refractivity contribution is -0.140. The van der Waals surface area contributed by atoms with Gasteiger partial charge in [0.05, 0.1) is 0 Å². The summed E-state index contributed by atoms with van der Waals surface area (Å²) in [6.45, 7) is 7.72. The molecule has 2 saturated heterocycles. The zero-order chi connectivity index (χ0) is 16.6. The molecular formula is C19H30N4O. The number of amides is 1. The fraction of sp³-hybridized carbons (Fsp3) is 0.789. The molecule has 3 fully saturated rings. The predicted octanol–water partition coefficient (Wildman–Crippen LogP) is 2.45.